The van der Waals surface area contributed by atoms with Gasteiger partial charge >= 0.3 is 12.2 Å². The van der Waals surface area contributed by atoms with E-state index in [0.717, 1.165) is 33.6 Å². The summed E-state index contributed by atoms with van der Waals surface area (Å²) in [6, 6.07) is 9.11. The van der Waals surface area contributed by atoms with E-state index in [1.807, 2.05) is 12.1 Å². The van der Waals surface area contributed by atoms with Gasteiger partial charge in [0.2, 0.25) is 11.8 Å². The third kappa shape index (κ3) is 3.22. The van der Waals surface area contributed by atoms with Gasteiger partial charge in [-0.3, -0.25) is 24.2 Å². The lowest BCUT2D eigenvalue weighted by Gasteiger charge is -2.30. The van der Waals surface area contributed by atoms with Crippen LogP contribution in [0.4, 0.5) is 29.3 Å². The van der Waals surface area contributed by atoms with Crippen LogP contribution in [0.3, 0.4) is 0 Å². The number of urea groups is 1. The first kappa shape index (κ1) is 21.0. The SMILES string of the molecule is O=C1CN(C(=O)CN2C(=O)NC3(CCc4ccccc43)C2=O)c2ccc(C(F)(F)F)cc2N1. The molecule has 170 valence electrons. The third-order valence-corrected chi connectivity index (χ3v) is 6.21. The summed E-state index contributed by atoms with van der Waals surface area (Å²) in [6.07, 6.45) is -3.68. The Morgan fingerprint density at radius 1 is 1.09 bits per heavy atom. The van der Waals surface area contributed by atoms with Crippen molar-refractivity contribution in [1.82, 2.24) is 10.2 Å². The second-order valence-electron chi connectivity index (χ2n) is 8.14. The normalized spacial score (nSPS) is 21.7. The summed E-state index contributed by atoms with van der Waals surface area (Å²) in [5.41, 5.74) is -0.727. The summed E-state index contributed by atoms with van der Waals surface area (Å²) in [5, 5.41) is 5.03. The summed E-state index contributed by atoms with van der Waals surface area (Å²) in [7, 11) is 0. The van der Waals surface area contributed by atoms with E-state index in [4.69, 9.17) is 0 Å². The van der Waals surface area contributed by atoms with Crippen LogP contribution in [0.2, 0.25) is 0 Å². The topological polar surface area (TPSA) is 98.8 Å². The molecule has 0 radical (unpaired) electrons. The Labute approximate surface area is 185 Å². The van der Waals surface area contributed by atoms with Crippen LogP contribution in [0.5, 0.6) is 0 Å². The van der Waals surface area contributed by atoms with Crippen molar-refractivity contribution < 1.29 is 32.3 Å². The smallest absolute Gasteiger partial charge is 0.323 e. The molecule has 5 rings (SSSR count). The quantitative estimate of drug-likeness (QED) is 0.676. The number of imide groups is 1. The zero-order valence-electron chi connectivity index (χ0n) is 17.0. The molecule has 1 saturated heterocycles. The first-order valence-electron chi connectivity index (χ1n) is 10.1. The number of hydrogen-bond acceptors (Lipinski definition) is 4. The van der Waals surface area contributed by atoms with Gasteiger partial charge in [0.15, 0.2) is 0 Å². The maximum Gasteiger partial charge on any atom is 0.416 e. The van der Waals surface area contributed by atoms with E-state index >= 15 is 0 Å². The Kier molecular flexibility index (Phi) is 4.49. The van der Waals surface area contributed by atoms with Gasteiger partial charge in [0.1, 0.15) is 18.6 Å². The lowest BCUT2D eigenvalue weighted by molar-refractivity contribution is -0.137. The Morgan fingerprint density at radius 2 is 1.85 bits per heavy atom. The molecule has 5 amide bonds. The lowest BCUT2D eigenvalue weighted by Crippen LogP contribution is -2.48. The highest BCUT2D eigenvalue weighted by Crippen LogP contribution is 2.41. The highest BCUT2D eigenvalue weighted by Gasteiger charge is 2.55. The molecule has 1 spiro atoms. The molecule has 3 aliphatic rings. The predicted molar refractivity (Wildman–Crippen MR) is 109 cm³/mol. The van der Waals surface area contributed by atoms with Crippen molar-refractivity contribution in [3.05, 3.63) is 59.2 Å². The number of nitrogens with zero attached hydrogens (tertiary/aromatic N) is 2. The van der Waals surface area contributed by atoms with E-state index < -0.39 is 54.1 Å². The number of benzene rings is 2. The fraction of sp³-hybridized carbons (Fsp3) is 0.273. The minimum atomic E-state index is -4.63. The van der Waals surface area contributed by atoms with Gasteiger partial charge in [-0.25, -0.2) is 4.79 Å². The van der Waals surface area contributed by atoms with Gasteiger partial charge in [0.25, 0.3) is 5.91 Å². The number of aryl methyl sites for hydroxylation is 1. The predicted octanol–water partition coefficient (Wildman–Crippen LogP) is 2.38. The van der Waals surface area contributed by atoms with Gasteiger partial charge in [-0.1, -0.05) is 24.3 Å². The van der Waals surface area contributed by atoms with Gasteiger partial charge in [0.05, 0.1) is 16.9 Å². The fourth-order valence-corrected chi connectivity index (χ4v) is 4.64. The van der Waals surface area contributed by atoms with Crippen LogP contribution in [-0.4, -0.2) is 41.7 Å². The first-order chi connectivity index (χ1) is 15.6. The van der Waals surface area contributed by atoms with Crippen LogP contribution in [0, 0.1) is 0 Å². The Balaban J connectivity index is 1.41. The minimum Gasteiger partial charge on any atom is -0.323 e. The maximum atomic E-state index is 13.3. The molecule has 1 fully saturated rings. The number of halogens is 3. The second kappa shape index (κ2) is 7.06. The van der Waals surface area contributed by atoms with Gasteiger partial charge in [-0.2, -0.15) is 13.2 Å². The lowest BCUT2D eigenvalue weighted by atomic mass is 9.92. The first-order valence-corrected chi connectivity index (χ1v) is 10.1. The number of fused-ring (bicyclic) bond motifs is 3. The molecule has 2 N–H and O–H groups in total. The number of carbonyl (C=O) groups is 4. The number of amides is 5. The van der Waals surface area contributed by atoms with Crippen LogP contribution < -0.4 is 15.5 Å². The van der Waals surface area contributed by atoms with E-state index in [1.54, 1.807) is 12.1 Å². The molecular formula is C22H17F3N4O4. The van der Waals surface area contributed by atoms with Crippen molar-refractivity contribution >= 4 is 35.1 Å². The number of alkyl halides is 3. The third-order valence-electron chi connectivity index (χ3n) is 6.21. The van der Waals surface area contributed by atoms with Crippen LogP contribution in [-0.2, 0) is 32.5 Å². The van der Waals surface area contributed by atoms with Crippen LogP contribution in [0.25, 0.3) is 0 Å². The molecule has 0 saturated carbocycles. The van der Waals surface area contributed by atoms with E-state index in [0.29, 0.717) is 18.4 Å². The maximum absolute atomic E-state index is 13.3. The van der Waals surface area contributed by atoms with Crippen molar-refractivity contribution in [2.75, 3.05) is 23.3 Å². The molecule has 1 atom stereocenters. The van der Waals surface area contributed by atoms with Crippen LogP contribution in [0.15, 0.2) is 42.5 Å². The van der Waals surface area contributed by atoms with Gasteiger partial charge < -0.3 is 10.6 Å². The number of hydrogen-bond donors (Lipinski definition) is 2. The molecule has 2 aromatic carbocycles. The van der Waals surface area contributed by atoms with Gasteiger partial charge in [-0.15, -0.1) is 0 Å². The Hall–Kier alpha value is -3.89. The van der Waals surface area contributed by atoms with Crippen LogP contribution >= 0.6 is 0 Å². The molecule has 0 aromatic heterocycles. The number of nitrogens with one attached hydrogen (secondary N) is 2. The molecule has 11 heteroatoms. The van der Waals surface area contributed by atoms with Crippen molar-refractivity contribution in [3.63, 3.8) is 0 Å². The molecule has 8 nitrogen and oxygen atoms in total. The van der Waals surface area contributed by atoms with E-state index in [9.17, 15) is 32.3 Å². The minimum absolute atomic E-state index is 0.0561. The summed E-state index contributed by atoms with van der Waals surface area (Å²) < 4.78 is 39.1. The van der Waals surface area contributed by atoms with E-state index in [2.05, 4.69) is 10.6 Å². The van der Waals surface area contributed by atoms with Crippen molar-refractivity contribution in [2.45, 2.75) is 24.6 Å². The summed E-state index contributed by atoms with van der Waals surface area (Å²) >= 11 is 0. The summed E-state index contributed by atoms with van der Waals surface area (Å²) in [6.45, 7) is -1.10. The van der Waals surface area contributed by atoms with Crippen LogP contribution in [0.1, 0.15) is 23.1 Å². The zero-order valence-corrected chi connectivity index (χ0v) is 17.0. The largest absolute Gasteiger partial charge is 0.416 e. The van der Waals surface area contributed by atoms with Gasteiger partial charge in [-0.05, 0) is 42.2 Å². The number of rotatable bonds is 2. The summed E-state index contributed by atoms with van der Waals surface area (Å²) in [5.74, 6) is -2.02. The van der Waals surface area contributed by atoms with Crippen molar-refractivity contribution in [1.29, 1.82) is 0 Å². The molecule has 2 heterocycles. The van der Waals surface area contributed by atoms with E-state index in [-0.39, 0.29) is 11.4 Å². The molecule has 1 unspecified atom stereocenters. The molecule has 33 heavy (non-hydrogen) atoms. The molecule has 0 bridgehead atoms. The molecule has 2 aromatic rings. The number of carbonyl (C=O) groups excluding carboxylic acids is 4. The Morgan fingerprint density at radius 3 is 2.61 bits per heavy atom. The van der Waals surface area contributed by atoms with Crippen molar-refractivity contribution in [3.8, 4) is 0 Å². The monoisotopic (exact) mass is 458 g/mol. The molecule has 1 aliphatic carbocycles. The highest BCUT2D eigenvalue weighted by molar-refractivity contribution is 6.14. The fourth-order valence-electron chi connectivity index (χ4n) is 4.64. The highest BCUT2D eigenvalue weighted by atomic mass is 19.4. The second-order valence-corrected chi connectivity index (χ2v) is 8.14. The van der Waals surface area contributed by atoms with E-state index in [1.165, 1.54) is 0 Å². The standard InChI is InChI=1S/C22H17F3N4O4/c23-22(24,25)13-5-6-16-15(9-13)26-17(30)10-28(16)18(31)11-29-19(32)21(27-20(29)33)8-7-12-3-1-2-4-14(12)21/h1-6,9H,7-8,10-11H2,(H,26,30)(H,27,33). The average Bonchev–Trinajstić information content (AvgIpc) is 3.25. The molecule has 2 aliphatic heterocycles. The molecular weight excluding hydrogens is 441 g/mol. The van der Waals surface area contributed by atoms with Crippen molar-refractivity contribution in [2.24, 2.45) is 0 Å². The zero-order chi connectivity index (χ0) is 23.5. The van der Waals surface area contributed by atoms with Gasteiger partial charge in [0, 0.05) is 0 Å². The average molecular weight is 458 g/mol. The Bertz CT molecular complexity index is 1230. The summed E-state index contributed by atoms with van der Waals surface area (Å²) in [4.78, 5) is 52.8. The number of anilines is 2.